The highest BCUT2D eigenvalue weighted by atomic mass is 16.5. The van der Waals surface area contributed by atoms with Crippen molar-refractivity contribution in [1.82, 2.24) is 4.57 Å². The molecule has 0 bridgehead atoms. The third-order valence-corrected chi connectivity index (χ3v) is 17.1. The first-order chi connectivity index (χ1) is 39.9. The fourth-order valence-corrected chi connectivity index (χ4v) is 13.4. The molecule has 1 aromatic heterocycles. The number of ether oxygens (including phenoxy) is 1. The lowest BCUT2D eigenvalue weighted by Crippen LogP contribution is -2.61. The van der Waals surface area contributed by atoms with E-state index in [1.165, 1.54) is 43.8 Å². The van der Waals surface area contributed by atoms with Crippen LogP contribution in [0.2, 0.25) is 0 Å². The number of hydrogen-bond donors (Lipinski definition) is 0. The second-order valence-corrected chi connectivity index (χ2v) is 22.8. The average Bonchev–Trinajstić information content (AvgIpc) is 4.00. The van der Waals surface area contributed by atoms with Gasteiger partial charge in [0.05, 0.1) is 22.4 Å². The summed E-state index contributed by atoms with van der Waals surface area (Å²) >= 11 is 0. The van der Waals surface area contributed by atoms with Crippen LogP contribution in [0.15, 0.2) is 273 Å². The van der Waals surface area contributed by atoms with Crippen molar-refractivity contribution < 1.29 is 4.74 Å². The number of hydrogen-bond acceptors (Lipinski definition) is 3. The van der Waals surface area contributed by atoms with Gasteiger partial charge in [0, 0.05) is 72.6 Å². The number of rotatable bonds is 5. The molecule has 13 aromatic rings. The Morgan fingerprint density at radius 2 is 0.827 bits per heavy atom. The van der Waals surface area contributed by atoms with Gasteiger partial charge in [-0.25, -0.2) is 0 Å². The first kappa shape index (κ1) is 47.0. The maximum atomic E-state index is 7.22. The lowest BCUT2D eigenvalue weighted by molar-refractivity contribution is 0.486. The van der Waals surface area contributed by atoms with Crippen LogP contribution >= 0.6 is 0 Å². The van der Waals surface area contributed by atoms with E-state index in [9.17, 15) is 0 Å². The molecule has 382 valence electrons. The molecule has 0 saturated carbocycles. The van der Waals surface area contributed by atoms with Crippen molar-refractivity contribution in [2.24, 2.45) is 0 Å². The molecule has 12 aromatic carbocycles. The first-order valence-electron chi connectivity index (χ1n) is 28.2. The SMILES string of the molecule is CC(C)(C)c1cc2c3c(c1)N(c1c(-c4ccccc4)cccc1-c1ccccc1)c1cc(-n4c5ccccc5c5ccccc54)ccc1B3c1cc(-c3ccccc3)cc3c1N2c1ccccc1-c1ccccc1Oc1ccccc1-3. The maximum absolute atomic E-state index is 7.22. The van der Waals surface area contributed by atoms with Gasteiger partial charge in [0.1, 0.15) is 11.5 Å². The van der Waals surface area contributed by atoms with Crippen LogP contribution in [0.25, 0.3) is 83.1 Å². The summed E-state index contributed by atoms with van der Waals surface area (Å²) in [5.41, 5.74) is 26.1. The van der Waals surface area contributed by atoms with Crippen LogP contribution in [0.4, 0.5) is 34.1 Å². The van der Waals surface area contributed by atoms with Crippen molar-refractivity contribution >= 4 is 79.0 Å². The zero-order valence-electron chi connectivity index (χ0n) is 45.3. The molecular formula is C76H54BN3O. The minimum Gasteiger partial charge on any atom is -0.456 e. The second-order valence-electron chi connectivity index (χ2n) is 22.8. The summed E-state index contributed by atoms with van der Waals surface area (Å²) in [4.78, 5) is 5.30. The van der Waals surface area contributed by atoms with Gasteiger partial charge in [-0.2, -0.15) is 0 Å². The number of fused-ring (bicyclic) bond motifs is 13. The minimum atomic E-state index is -0.261. The van der Waals surface area contributed by atoms with Gasteiger partial charge in [-0.15, -0.1) is 0 Å². The summed E-state index contributed by atoms with van der Waals surface area (Å²) in [6.07, 6.45) is 0. The lowest BCUT2D eigenvalue weighted by Gasteiger charge is -2.47. The van der Waals surface area contributed by atoms with Crippen LogP contribution in [-0.4, -0.2) is 11.3 Å². The van der Waals surface area contributed by atoms with E-state index in [0.29, 0.717) is 0 Å². The molecule has 16 rings (SSSR count). The highest BCUT2D eigenvalue weighted by Gasteiger charge is 2.47. The molecule has 0 unspecified atom stereocenters. The molecule has 5 heteroatoms. The van der Waals surface area contributed by atoms with Gasteiger partial charge in [0.15, 0.2) is 0 Å². The predicted molar refractivity (Wildman–Crippen MR) is 341 cm³/mol. The minimum absolute atomic E-state index is 0.212. The van der Waals surface area contributed by atoms with Crippen molar-refractivity contribution in [2.75, 3.05) is 9.80 Å². The molecule has 3 aliphatic rings. The number of para-hydroxylation sites is 6. The van der Waals surface area contributed by atoms with E-state index in [-0.39, 0.29) is 12.1 Å². The number of nitrogens with zero attached hydrogens (tertiary/aromatic N) is 3. The van der Waals surface area contributed by atoms with Crippen LogP contribution in [-0.2, 0) is 5.41 Å². The molecule has 0 spiro atoms. The first-order valence-corrected chi connectivity index (χ1v) is 28.2. The maximum Gasteiger partial charge on any atom is 0.252 e. The molecule has 0 radical (unpaired) electrons. The fourth-order valence-electron chi connectivity index (χ4n) is 13.4. The highest BCUT2D eigenvalue weighted by Crippen LogP contribution is 2.56. The predicted octanol–water partition coefficient (Wildman–Crippen LogP) is 18.6. The molecule has 81 heavy (non-hydrogen) atoms. The van der Waals surface area contributed by atoms with Crippen molar-refractivity contribution in [3.63, 3.8) is 0 Å². The Labute approximate surface area is 473 Å². The molecule has 3 aliphatic heterocycles. The van der Waals surface area contributed by atoms with Crippen molar-refractivity contribution in [3.05, 3.63) is 279 Å². The largest absolute Gasteiger partial charge is 0.456 e. The molecule has 0 atom stereocenters. The normalized spacial score (nSPS) is 12.9. The third kappa shape index (κ3) is 7.32. The summed E-state index contributed by atoms with van der Waals surface area (Å²) in [6, 6.07) is 101. The Kier molecular flexibility index (Phi) is 10.6. The Morgan fingerprint density at radius 1 is 0.333 bits per heavy atom. The van der Waals surface area contributed by atoms with E-state index >= 15 is 0 Å². The van der Waals surface area contributed by atoms with E-state index in [1.807, 2.05) is 0 Å². The Bertz CT molecular complexity index is 4560. The highest BCUT2D eigenvalue weighted by molar-refractivity contribution is 7.00. The van der Waals surface area contributed by atoms with E-state index in [1.54, 1.807) is 0 Å². The van der Waals surface area contributed by atoms with Gasteiger partial charge in [-0.1, -0.05) is 233 Å². The van der Waals surface area contributed by atoms with Crippen LogP contribution in [0.3, 0.4) is 0 Å². The zero-order chi connectivity index (χ0) is 53.9. The average molecular weight is 1040 g/mol. The van der Waals surface area contributed by atoms with Gasteiger partial charge in [0.25, 0.3) is 6.71 Å². The molecule has 4 nitrogen and oxygen atoms in total. The Balaban J connectivity index is 1.11. The molecule has 4 heterocycles. The zero-order valence-corrected chi connectivity index (χ0v) is 45.3. The second kappa shape index (κ2) is 18.2. The lowest BCUT2D eigenvalue weighted by atomic mass is 9.33. The third-order valence-electron chi connectivity index (χ3n) is 17.1. The van der Waals surface area contributed by atoms with Gasteiger partial charge < -0.3 is 19.1 Å². The molecule has 0 N–H and O–H groups in total. The van der Waals surface area contributed by atoms with E-state index in [4.69, 9.17) is 4.74 Å². The standard InChI is InChI=1S/C76H54BN3O/c1-76(2,3)53-46-69-73-70(47-53)80(74-55(50-26-9-5-10-27-50)35-23-36-56(74)51-28-11-6-12-29-51)68-48-54(78-65-37-18-13-30-57(65)58-31-14-19-38-66(58)78)42-43-63(68)77(73)64-45-52(49-24-7-4-8-25-49)44-62-61-34-17-22-41-72(61)81-71-40-21-16-33-60(71)59-32-15-20-39-67(59)79(69)75(62)64/h4-48H,1-3H3. The smallest absolute Gasteiger partial charge is 0.252 e. The summed E-state index contributed by atoms with van der Waals surface area (Å²) < 4.78 is 9.69. The molecule has 0 amide bonds. The molecule has 0 fully saturated rings. The number of benzene rings is 12. The molecule has 0 aliphatic carbocycles. The van der Waals surface area contributed by atoms with Crippen LogP contribution in [0.5, 0.6) is 11.5 Å². The molecule has 0 saturated heterocycles. The number of aromatic nitrogens is 1. The topological polar surface area (TPSA) is 20.6 Å². The Hall–Kier alpha value is -10.1. The molecular weight excluding hydrogens is 982 g/mol. The quantitative estimate of drug-likeness (QED) is 0.160. The van der Waals surface area contributed by atoms with Crippen molar-refractivity contribution in [2.45, 2.75) is 26.2 Å². The van der Waals surface area contributed by atoms with Crippen molar-refractivity contribution in [1.29, 1.82) is 0 Å². The van der Waals surface area contributed by atoms with Gasteiger partial charge in [0.2, 0.25) is 0 Å². The Morgan fingerprint density at radius 3 is 1.43 bits per heavy atom. The van der Waals surface area contributed by atoms with E-state index in [0.717, 1.165) is 107 Å². The van der Waals surface area contributed by atoms with Gasteiger partial charge in [-0.3, -0.25) is 0 Å². The van der Waals surface area contributed by atoms with E-state index < -0.39 is 0 Å². The van der Waals surface area contributed by atoms with Crippen LogP contribution in [0, 0.1) is 0 Å². The summed E-state index contributed by atoms with van der Waals surface area (Å²) in [5.74, 6) is 1.62. The van der Waals surface area contributed by atoms with Gasteiger partial charge in [-0.05, 0) is 110 Å². The van der Waals surface area contributed by atoms with Crippen LogP contribution < -0.4 is 30.9 Å². The summed E-state index contributed by atoms with van der Waals surface area (Å²) in [5, 5.41) is 2.46. The van der Waals surface area contributed by atoms with Crippen LogP contribution in [0.1, 0.15) is 26.3 Å². The fraction of sp³-hybridized carbons (Fsp3) is 0.0526. The van der Waals surface area contributed by atoms with E-state index in [2.05, 4.69) is 308 Å². The number of anilines is 6. The summed E-state index contributed by atoms with van der Waals surface area (Å²) in [6.45, 7) is 6.88. The monoisotopic (exact) mass is 1040 g/mol. The van der Waals surface area contributed by atoms with Crippen molar-refractivity contribution in [3.8, 4) is 72.8 Å². The van der Waals surface area contributed by atoms with Gasteiger partial charge >= 0.3 is 0 Å². The summed E-state index contributed by atoms with van der Waals surface area (Å²) in [7, 11) is 0.